The Hall–Kier alpha value is -1.98. The topological polar surface area (TPSA) is 76.8 Å². The van der Waals surface area contributed by atoms with Gasteiger partial charge >= 0.3 is 0 Å². The van der Waals surface area contributed by atoms with E-state index < -0.39 is 0 Å². The van der Waals surface area contributed by atoms with Crippen LogP contribution in [-0.4, -0.2) is 21.6 Å². The van der Waals surface area contributed by atoms with Gasteiger partial charge in [-0.1, -0.05) is 23.2 Å². The van der Waals surface area contributed by atoms with E-state index in [-0.39, 0.29) is 0 Å². The Morgan fingerprint density at radius 2 is 1.90 bits per heavy atom. The van der Waals surface area contributed by atoms with Crippen LogP contribution in [0.3, 0.4) is 0 Å². The second-order valence-corrected chi connectivity index (χ2v) is 5.21. The third-order valence-corrected chi connectivity index (χ3v) is 3.59. The minimum atomic E-state index is 0.356. The molecule has 0 saturated carbocycles. The van der Waals surface area contributed by atoms with E-state index in [1.165, 1.54) is 0 Å². The van der Waals surface area contributed by atoms with E-state index in [1.807, 2.05) is 13.0 Å². The number of hydrogen-bond acceptors (Lipinski definition) is 4. The Bertz CT molecular complexity index is 793. The van der Waals surface area contributed by atoms with Gasteiger partial charge in [0.2, 0.25) is 5.88 Å². The third kappa shape index (κ3) is 2.62. The number of H-pyrrole nitrogens is 1. The van der Waals surface area contributed by atoms with Crippen molar-refractivity contribution in [2.75, 3.05) is 12.3 Å². The molecule has 3 N–H and O–H groups in total. The molecular weight excluding hydrogens is 311 g/mol. The number of nitrogen functional groups attached to an aromatic ring is 1. The second-order valence-electron chi connectivity index (χ2n) is 4.39. The minimum Gasteiger partial charge on any atom is -0.478 e. The number of nitrogens with zero attached hydrogens (tertiary/aromatic N) is 2. The van der Waals surface area contributed by atoms with E-state index >= 15 is 0 Å². The number of nitrogens with two attached hydrogens (primary N) is 1. The fourth-order valence-corrected chi connectivity index (χ4v) is 2.45. The molecule has 0 aliphatic rings. The molecule has 21 heavy (non-hydrogen) atoms. The van der Waals surface area contributed by atoms with Gasteiger partial charge in [0, 0.05) is 11.6 Å². The number of benzene rings is 1. The summed E-state index contributed by atoms with van der Waals surface area (Å²) in [5.74, 6) is 1.16. The lowest BCUT2D eigenvalue weighted by atomic mass is 10.2. The lowest BCUT2D eigenvalue weighted by Crippen LogP contribution is -1.93. The molecule has 3 rings (SSSR count). The molecule has 2 heterocycles. The van der Waals surface area contributed by atoms with Crippen molar-refractivity contribution in [2.24, 2.45) is 0 Å². The van der Waals surface area contributed by atoms with Crippen LogP contribution in [0.15, 0.2) is 24.3 Å². The van der Waals surface area contributed by atoms with Crippen LogP contribution in [0.2, 0.25) is 10.0 Å². The summed E-state index contributed by atoms with van der Waals surface area (Å²) in [7, 11) is 0. The van der Waals surface area contributed by atoms with Crippen LogP contribution in [0.4, 0.5) is 5.69 Å². The van der Waals surface area contributed by atoms with Crippen LogP contribution in [0, 0.1) is 0 Å². The summed E-state index contributed by atoms with van der Waals surface area (Å²) < 4.78 is 5.36. The lowest BCUT2D eigenvalue weighted by Gasteiger charge is -2.03. The molecule has 0 bridgehead atoms. The van der Waals surface area contributed by atoms with Gasteiger partial charge < -0.3 is 15.5 Å². The van der Waals surface area contributed by atoms with Crippen LogP contribution >= 0.6 is 23.2 Å². The Kier molecular flexibility index (Phi) is 3.61. The number of aromatic amines is 1. The highest BCUT2D eigenvalue weighted by Gasteiger charge is 2.11. The SMILES string of the molecule is CCOc1ccc2[nH]c(-c3cc(Cl)c(N)c(Cl)c3)nc2n1. The van der Waals surface area contributed by atoms with Crippen molar-refractivity contribution in [3.63, 3.8) is 0 Å². The number of aromatic nitrogens is 3. The normalized spacial score (nSPS) is 11.0. The van der Waals surface area contributed by atoms with Gasteiger partial charge in [-0.05, 0) is 25.1 Å². The first-order valence-electron chi connectivity index (χ1n) is 6.33. The van der Waals surface area contributed by atoms with Crippen molar-refractivity contribution in [1.29, 1.82) is 0 Å². The number of fused-ring (bicyclic) bond motifs is 1. The molecular formula is C14H12Cl2N4O. The molecule has 5 nitrogen and oxygen atoms in total. The van der Waals surface area contributed by atoms with E-state index in [9.17, 15) is 0 Å². The predicted molar refractivity (Wildman–Crippen MR) is 84.9 cm³/mol. The Labute approximate surface area is 131 Å². The zero-order valence-corrected chi connectivity index (χ0v) is 12.7. The van der Waals surface area contributed by atoms with Gasteiger partial charge in [0.05, 0.1) is 27.9 Å². The molecule has 0 atom stereocenters. The average Bonchev–Trinajstić information content (AvgIpc) is 2.87. The summed E-state index contributed by atoms with van der Waals surface area (Å²) in [5, 5.41) is 0.779. The van der Waals surface area contributed by atoms with E-state index in [0.29, 0.717) is 39.7 Å². The number of anilines is 1. The maximum Gasteiger partial charge on any atom is 0.215 e. The number of pyridine rings is 1. The molecule has 7 heteroatoms. The fourth-order valence-electron chi connectivity index (χ4n) is 1.96. The first kappa shape index (κ1) is 14.0. The van der Waals surface area contributed by atoms with Crippen molar-refractivity contribution < 1.29 is 4.74 Å². The van der Waals surface area contributed by atoms with Gasteiger partial charge in [0.25, 0.3) is 0 Å². The molecule has 3 aromatic rings. The maximum atomic E-state index is 6.05. The molecule has 1 aromatic carbocycles. The number of halogens is 2. The van der Waals surface area contributed by atoms with Gasteiger partial charge in [-0.3, -0.25) is 0 Å². The average molecular weight is 323 g/mol. The van der Waals surface area contributed by atoms with E-state index in [1.54, 1.807) is 18.2 Å². The van der Waals surface area contributed by atoms with Gasteiger partial charge in [0.1, 0.15) is 5.82 Å². The molecule has 0 radical (unpaired) electrons. The summed E-state index contributed by atoms with van der Waals surface area (Å²) in [6.45, 7) is 2.46. The van der Waals surface area contributed by atoms with Crippen molar-refractivity contribution in [1.82, 2.24) is 15.0 Å². The van der Waals surface area contributed by atoms with E-state index in [4.69, 9.17) is 33.7 Å². The molecule has 0 fully saturated rings. The number of nitrogens with one attached hydrogen (secondary N) is 1. The van der Waals surface area contributed by atoms with Gasteiger partial charge in [0.15, 0.2) is 5.65 Å². The molecule has 0 unspecified atom stereocenters. The monoisotopic (exact) mass is 322 g/mol. The molecule has 0 aliphatic carbocycles. The van der Waals surface area contributed by atoms with Crippen LogP contribution in [0.5, 0.6) is 5.88 Å². The largest absolute Gasteiger partial charge is 0.478 e. The fraction of sp³-hybridized carbons (Fsp3) is 0.143. The molecule has 2 aromatic heterocycles. The number of ether oxygens (including phenoxy) is 1. The van der Waals surface area contributed by atoms with Crippen molar-refractivity contribution >= 4 is 40.1 Å². The van der Waals surface area contributed by atoms with Gasteiger partial charge in [-0.15, -0.1) is 0 Å². The Morgan fingerprint density at radius 1 is 1.19 bits per heavy atom. The molecule has 108 valence electrons. The minimum absolute atomic E-state index is 0.356. The Morgan fingerprint density at radius 3 is 2.57 bits per heavy atom. The van der Waals surface area contributed by atoms with Crippen LogP contribution < -0.4 is 10.5 Å². The highest BCUT2D eigenvalue weighted by Crippen LogP contribution is 2.33. The van der Waals surface area contributed by atoms with Crippen LogP contribution in [-0.2, 0) is 0 Å². The number of hydrogen-bond donors (Lipinski definition) is 2. The van der Waals surface area contributed by atoms with Crippen molar-refractivity contribution in [3.05, 3.63) is 34.3 Å². The number of imidazole rings is 1. The van der Waals surface area contributed by atoms with E-state index in [0.717, 1.165) is 11.1 Å². The summed E-state index contributed by atoms with van der Waals surface area (Å²) >= 11 is 12.1. The molecule has 0 amide bonds. The zero-order chi connectivity index (χ0) is 15.0. The first-order valence-corrected chi connectivity index (χ1v) is 7.08. The second kappa shape index (κ2) is 5.42. The van der Waals surface area contributed by atoms with Gasteiger partial charge in [-0.2, -0.15) is 4.98 Å². The van der Waals surface area contributed by atoms with Crippen molar-refractivity contribution in [3.8, 4) is 17.3 Å². The number of rotatable bonds is 3. The maximum absolute atomic E-state index is 6.05. The summed E-state index contributed by atoms with van der Waals surface area (Å²) in [6.07, 6.45) is 0. The Balaban J connectivity index is 2.08. The predicted octanol–water partition coefficient (Wildman–Crippen LogP) is 3.91. The summed E-state index contributed by atoms with van der Waals surface area (Å²) in [4.78, 5) is 11.9. The molecule has 0 saturated heterocycles. The van der Waals surface area contributed by atoms with Crippen molar-refractivity contribution in [2.45, 2.75) is 6.92 Å². The summed E-state index contributed by atoms with van der Waals surface area (Å²) in [5.41, 5.74) is 8.21. The van der Waals surface area contributed by atoms with E-state index in [2.05, 4.69) is 15.0 Å². The molecule has 0 aliphatic heterocycles. The molecule has 0 spiro atoms. The van der Waals surface area contributed by atoms with Crippen LogP contribution in [0.1, 0.15) is 6.92 Å². The smallest absolute Gasteiger partial charge is 0.215 e. The lowest BCUT2D eigenvalue weighted by molar-refractivity contribution is 0.328. The standard InChI is InChI=1S/C14H12Cl2N4O/c1-2-21-11-4-3-10-14(19-11)20-13(18-10)7-5-8(15)12(17)9(16)6-7/h3-6H,2,17H2,1H3,(H,18,19,20). The quantitative estimate of drug-likeness (QED) is 0.716. The third-order valence-electron chi connectivity index (χ3n) is 2.97. The van der Waals surface area contributed by atoms with Crippen LogP contribution in [0.25, 0.3) is 22.6 Å². The van der Waals surface area contributed by atoms with Gasteiger partial charge in [-0.25, -0.2) is 4.98 Å². The zero-order valence-electron chi connectivity index (χ0n) is 11.2. The highest BCUT2D eigenvalue weighted by molar-refractivity contribution is 6.39. The summed E-state index contributed by atoms with van der Waals surface area (Å²) in [6, 6.07) is 7.08. The first-order chi connectivity index (χ1) is 10.1. The highest BCUT2D eigenvalue weighted by atomic mass is 35.5.